The molecular formula is C20H25F3N2O5. The minimum Gasteiger partial charge on any atom is -0.469 e. The fourth-order valence-corrected chi connectivity index (χ4v) is 3.39. The van der Waals surface area contributed by atoms with Gasteiger partial charge in [0, 0.05) is 6.42 Å². The van der Waals surface area contributed by atoms with E-state index in [1.165, 1.54) is 7.11 Å². The van der Waals surface area contributed by atoms with Gasteiger partial charge in [0.2, 0.25) is 0 Å². The number of amides is 2. The Morgan fingerprint density at radius 1 is 1.27 bits per heavy atom. The second kappa shape index (κ2) is 9.82. The molecule has 166 valence electrons. The van der Waals surface area contributed by atoms with Crippen molar-refractivity contribution in [1.29, 1.82) is 0 Å². The summed E-state index contributed by atoms with van der Waals surface area (Å²) in [5, 5.41) is 1.18. The lowest BCUT2D eigenvalue weighted by Crippen LogP contribution is -2.60. The molecule has 1 aliphatic heterocycles. The molecule has 1 aromatic rings. The van der Waals surface area contributed by atoms with Crippen molar-refractivity contribution in [2.75, 3.05) is 13.7 Å². The molecule has 0 aliphatic carbocycles. The summed E-state index contributed by atoms with van der Waals surface area (Å²) >= 11 is 0. The first kappa shape index (κ1) is 23.5. The second-order valence-electron chi connectivity index (χ2n) is 7.34. The Morgan fingerprint density at radius 2 is 1.90 bits per heavy atom. The van der Waals surface area contributed by atoms with Gasteiger partial charge >= 0.3 is 24.1 Å². The first-order valence-electron chi connectivity index (χ1n) is 9.53. The van der Waals surface area contributed by atoms with Gasteiger partial charge in [0.25, 0.3) is 0 Å². The molecule has 1 aliphatic rings. The van der Waals surface area contributed by atoms with Gasteiger partial charge in [-0.15, -0.1) is 0 Å². The summed E-state index contributed by atoms with van der Waals surface area (Å²) in [4.78, 5) is 36.4. The predicted molar refractivity (Wildman–Crippen MR) is 99.9 cm³/mol. The molecule has 1 aromatic carbocycles. The van der Waals surface area contributed by atoms with Crippen molar-refractivity contribution in [2.45, 2.75) is 51.4 Å². The smallest absolute Gasteiger partial charge is 0.469 e. The third-order valence-corrected chi connectivity index (χ3v) is 4.88. The van der Waals surface area contributed by atoms with Crippen molar-refractivity contribution in [2.24, 2.45) is 5.92 Å². The average Bonchev–Trinajstić information content (AvgIpc) is 3.04. The fourth-order valence-electron chi connectivity index (χ4n) is 3.39. The van der Waals surface area contributed by atoms with Crippen LogP contribution in [0.4, 0.5) is 18.0 Å². The average molecular weight is 430 g/mol. The molecule has 0 aromatic heterocycles. The largest absolute Gasteiger partial charge is 0.473 e. The molecule has 0 saturated carbocycles. The number of carbonyl (C=O) groups is 3. The Kier molecular flexibility index (Phi) is 7.69. The van der Waals surface area contributed by atoms with E-state index in [4.69, 9.17) is 4.74 Å². The number of halogens is 3. The first-order chi connectivity index (χ1) is 14.1. The number of carbonyl (C=O) groups excluding carboxylic acids is 3. The molecule has 1 saturated heterocycles. The maximum Gasteiger partial charge on any atom is 0.473 e. The van der Waals surface area contributed by atoms with Crippen LogP contribution >= 0.6 is 0 Å². The molecule has 2 amide bonds. The highest BCUT2D eigenvalue weighted by atomic mass is 19.4. The molecule has 0 radical (unpaired) electrons. The molecule has 0 bridgehead atoms. The van der Waals surface area contributed by atoms with Gasteiger partial charge in [0.05, 0.1) is 19.2 Å². The van der Waals surface area contributed by atoms with Crippen LogP contribution in [-0.4, -0.2) is 60.0 Å². The highest BCUT2D eigenvalue weighted by molar-refractivity contribution is 5.85. The predicted octanol–water partition coefficient (Wildman–Crippen LogP) is 3.33. The van der Waals surface area contributed by atoms with Crippen LogP contribution in [0.5, 0.6) is 0 Å². The molecule has 2 atom stereocenters. The lowest BCUT2D eigenvalue weighted by Gasteiger charge is -2.41. The zero-order valence-electron chi connectivity index (χ0n) is 17.0. The van der Waals surface area contributed by atoms with Crippen molar-refractivity contribution < 1.29 is 37.0 Å². The Bertz CT molecular complexity index is 755. The van der Waals surface area contributed by atoms with Crippen LogP contribution in [0.3, 0.4) is 0 Å². The van der Waals surface area contributed by atoms with Gasteiger partial charge in [0.1, 0.15) is 6.61 Å². The summed E-state index contributed by atoms with van der Waals surface area (Å²) in [6.45, 7) is 3.08. The number of ether oxygens (including phenoxy) is 2. The number of alkyl halides is 3. The minimum absolute atomic E-state index is 0.103. The Labute approximate surface area is 172 Å². The normalized spacial score (nSPS) is 17.6. The van der Waals surface area contributed by atoms with E-state index in [1.807, 2.05) is 0 Å². The lowest BCUT2D eigenvalue weighted by molar-refractivity contribution is -0.206. The monoisotopic (exact) mass is 430 g/mol. The second-order valence-corrected chi connectivity index (χ2v) is 7.34. The van der Waals surface area contributed by atoms with Crippen LogP contribution in [0.25, 0.3) is 0 Å². The lowest BCUT2D eigenvalue weighted by atomic mass is 9.97. The van der Waals surface area contributed by atoms with E-state index in [2.05, 4.69) is 4.74 Å². The number of esters is 1. The van der Waals surface area contributed by atoms with E-state index in [1.54, 1.807) is 44.2 Å². The number of benzene rings is 1. The molecule has 1 heterocycles. The van der Waals surface area contributed by atoms with Crippen LogP contribution in [0.1, 0.15) is 32.3 Å². The van der Waals surface area contributed by atoms with Crippen molar-refractivity contribution in [1.82, 2.24) is 10.0 Å². The van der Waals surface area contributed by atoms with E-state index >= 15 is 0 Å². The van der Waals surface area contributed by atoms with Crippen LogP contribution < -0.4 is 0 Å². The molecule has 0 N–H and O–H groups in total. The third-order valence-electron chi connectivity index (χ3n) is 4.88. The summed E-state index contributed by atoms with van der Waals surface area (Å²) < 4.78 is 50.0. The third kappa shape index (κ3) is 5.64. The van der Waals surface area contributed by atoms with E-state index in [9.17, 15) is 27.6 Å². The minimum atomic E-state index is -5.21. The number of hydrazine groups is 1. The van der Waals surface area contributed by atoms with Gasteiger partial charge in [-0.3, -0.25) is 9.59 Å². The SMILES string of the molecule is COC(=O)CC[C@H](C(C)C)N(C(=O)C(F)(F)F)N1C(=O)OC[C@@H]1Cc1ccccc1. The summed E-state index contributed by atoms with van der Waals surface area (Å²) in [6.07, 6.45) is -6.34. The molecule has 30 heavy (non-hydrogen) atoms. The Morgan fingerprint density at radius 3 is 2.43 bits per heavy atom. The zero-order valence-corrected chi connectivity index (χ0v) is 17.0. The molecular weight excluding hydrogens is 405 g/mol. The first-order valence-corrected chi connectivity index (χ1v) is 9.53. The van der Waals surface area contributed by atoms with E-state index in [0.717, 1.165) is 10.6 Å². The standard InChI is InChI=1S/C20H25F3N2O5/c1-13(2)16(9-10-17(26)29-3)25(18(27)20(21,22)23)24-15(12-30-19(24)28)11-14-7-5-4-6-8-14/h4-8,13,15-16H,9-12H2,1-3H3/t15-,16+/m0/s1. The molecule has 0 spiro atoms. The summed E-state index contributed by atoms with van der Waals surface area (Å²) in [7, 11) is 1.17. The van der Waals surface area contributed by atoms with Gasteiger partial charge in [-0.1, -0.05) is 44.2 Å². The molecule has 2 rings (SSSR count). The topological polar surface area (TPSA) is 76.2 Å². The van der Waals surface area contributed by atoms with Gasteiger partial charge < -0.3 is 9.47 Å². The number of rotatable bonds is 8. The number of hydrogen-bond donors (Lipinski definition) is 0. The van der Waals surface area contributed by atoms with Gasteiger partial charge in [-0.05, 0) is 24.3 Å². The van der Waals surface area contributed by atoms with Crippen molar-refractivity contribution in [3.05, 3.63) is 35.9 Å². The highest BCUT2D eigenvalue weighted by Crippen LogP contribution is 2.31. The Hall–Kier alpha value is -2.78. The van der Waals surface area contributed by atoms with Crippen LogP contribution in [0.15, 0.2) is 30.3 Å². The quantitative estimate of drug-likeness (QED) is 0.592. The van der Waals surface area contributed by atoms with Crippen LogP contribution in [-0.2, 0) is 25.5 Å². The highest BCUT2D eigenvalue weighted by Gasteiger charge is 2.52. The van der Waals surface area contributed by atoms with Crippen molar-refractivity contribution in [3.8, 4) is 0 Å². The molecule has 10 heteroatoms. The molecule has 1 fully saturated rings. The number of methoxy groups -OCH3 is 1. The maximum absolute atomic E-state index is 13.5. The summed E-state index contributed by atoms with van der Waals surface area (Å²) in [5.41, 5.74) is 0.779. The molecule has 0 unspecified atom stereocenters. The van der Waals surface area contributed by atoms with E-state index < -0.39 is 42.1 Å². The Balaban J connectivity index is 2.40. The van der Waals surface area contributed by atoms with Crippen molar-refractivity contribution >= 4 is 18.0 Å². The zero-order chi connectivity index (χ0) is 22.5. The fraction of sp³-hybridized carbons (Fsp3) is 0.550. The number of cyclic esters (lactones) is 1. The number of hydrogen-bond acceptors (Lipinski definition) is 5. The summed E-state index contributed by atoms with van der Waals surface area (Å²) in [5.74, 6) is -3.28. The van der Waals surface area contributed by atoms with Crippen molar-refractivity contribution in [3.63, 3.8) is 0 Å². The van der Waals surface area contributed by atoms with Crippen LogP contribution in [0.2, 0.25) is 0 Å². The van der Waals surface area contributed by atoms with Gasteiger partial charge in [-0.2, -0.15) is 13.2 Å². The van der Waals surface area contributed by atoms with E-state index in [-0.39, 0.29) is 25.9 Å². The van der Waals surface area contributed by atoms with Crippen LogP contribution in [0, 0.1) is 5.92 Å². The summed E-state index contributed by atoms with van der Waals surface area (Å²) in [6, 6.07) is 7.00. The molecule has 7 nitrogen and oxygen atoms in total. The number of nitrogens with zero attached hydrogens (tertiary/aromatic N) is 2. The van der Waals surface area contributed by atoms with Gasteiger partial charge in [-0.25, -0.2) is 14.8 Å². The maximum atomic E-state index is 13.5. The van der Waals surface area contributed by atoms with E-state index in [0.29, 0.717) is 5.01 Å². The van der Waals surface area contributed by atoms with Gasteiger partial charge in [0.15, 0.2) is 0 Å².